The summed E-state index contributed by atoms with van der Waals surface area (Å²) >= 11 is 5.94. The number of hydrogen-bond acceptors (Lipinski definition) is 5. The Kier molecular flexibility index (Phi) is 4.48. The minimum Gasteiger partial charge on any atom is -0.280 e. The van der Waals surface area contributed by atoms with E-state index in [1.807, 2.05) is 36.4 Å². The monoisotopic (exact) mass is 376 g/mol. The van der Waals surface area contributed by atoms with E-state index in [2.05, 4.69) is 25.9 Å². The number of carbonyl (C=O) groups excluding carboxylic acids is 1. The van der Waals surface area contributed by atoms with Crippen LogP contribution < -0.4 is 0 Å². The van der Waals surface area contributed by atoms with Gasteiger partial charge in [-0.05, 0) is 47.7 Å². The number of halogens is 1. The summed E-state index contributed by atoms with van der Waals surface area (Å²) in [5.74, 6) is 0. The third-order valence-corrected chi connectivity index (χ3v) is 5.25. The van der Waals surface area contributed by atoms with Gasteiger partial charge in [-0.1, -0.05) is 28.1 Å². The zero-order valence-corrected chi connectivity index (χ0v) is 13.9. The molecule has 0 spiro atoms. The summed E-state index contributed by atoms with van der Waals surface area (Å²) in [6.07, 6.45) is 3.26. The lowest BCUT2D eigenvalue weighted by atomic mass is 10.2. The maximum atomic E-state index is 12.2. The van der Waals surface area contributed by atoms with Gasteiger partial charge in [0.1, 0.15) is 0 Å². The normalized spacial score (nSPS) is 10.5. The average Bonchev–Trinajstić information content (AvgIpc) is 2.99. The van der Waals surface area contributed by atoms with E-state index in [0.717, 1.165) is 26.7 Å². The summed E-state index contributed by atoms with van der Waals surface area (Å²) in [6.45, 7) is 0. The summed E-state index contributed by atoms with van der Waals surface area (Å²) in [7, 11) is 0. The van der Waals surface area contributed by atoms with Crippen molar-refractivity contribution in [2.24, 2.45) is 0 Å². The quantitative estimate of drug-likeness (QED) is 0.481. The lowest BCUT2D eigenvalue weighted by Gasteiger charge is -1.97. The molecule has 0 fully saturated rings. The molecule has 0 saturated heterocycles. The van der Waals surface area contributed by atoms with E-state index in [1.54, 1.807) is 18.5 Å². The minimum atomic E-state index is -0.0328. The van der Waals surface area contributed by atoms with E-state index >= 15 is 0 Å². The van der Waals surface area contributed by atoms with E-state index in [0.29, 0.717) is 10.0 Å². The molecule has 104 valence electrons. The molecule has 0 radical (unpaired) electrons. The molecule has 2 aromatic heterocycles. The van der Waals surface area contributed by atoms with Crippen molar-refractivity contribution in [3.63, 3.8) is 0 Å². The fraction of sp³-hybridized carbons (Fsp3) is 0. The van der Waals surface area contributed by atoms with Gasteiger partial charge in [-0.25, -0.2) is 9.97 Å². The van der Waals surface area contributed by atoms with E-state index in [-0.39, 0.29) is 5.12 Å². The average molecular weight is 377 g/mol. The van der Waals surface area contributed by atoms with Crippen molar-refractivity contribution in [1.29, 1.82) is 0 Å². The van der Waals surface area contributed by atoms with Crippen LogP contribution in [-0.4, -0.2) is 15.1 Å². The van der Waals surface area contributed by atoms with E-state index < -0.39 is 0 Å². The summed E-state index contributed by atoms with van der Waals surface area (Å²) < 4.78 is 1.04. The second-order valence-electron chi connectivity index (χ2n) is 4.09. The second-order valence-corrected chi connectivity index (χ2v) is 7.03. The van der Waals surface area contributed by atoms with Crippen molar-refractivity contribution in [3.05, 3.63) is 64.2 Å². The molecule has 0 aliphatic heterocycles. The fourth-order valence-electron chi connectivity index (χ4n) is 1.69. The number of aromatic nitrogens is 2. The third-order valence-electron chi connectivity index (χ3n) is 2.66. The second kappa shape index (κ2) is 6.51. The molecular weight excluding hydrogens is 368 g/mol. The summed E-state index contributed by atoms with van der Waals surface area (Å²) in [4.78, 5) is 22.1. The van der Waals surface area contributed by atoms with E-state index in [9.17, 15) is 4.79 Å². The van der Waals surface area contributed by atoms with E-state index in [4.69, 9.17) is 0 Å². The van der Waals surface area contributed by atoms with Crippen LogP contribution in [-0.2, 0) is 0 Å². The van der Waals surface area contributed by atoms with Crippen LogP contribution >= 0.6 is 39.0 Å². The molecule has 0 bridgehead atoms. The summed E-state index contributed by atoms with van der Waals surface area (Å²) in [5, 5.41) is 0.440. The maximum Gasteiger partial charge on any atom is 0.237 e. The van der Waals surface area contributed by atoms with Gasteiger partial charge in [-0.3, -0.25) is 4.79 Å². The first kappa shape index (κ1) is 14.4. The molecule has 3 nitrogen and oxygen atoms in total. The number of nitrogens with zero attached hydrogens (tertiary/aromatic N) is 2. The Balaban J connectivity index is 1.78. The van der Waals surface area contributed by atoms with Crippen LogP contribution in [0.5, 0.6) is 0 Å². The summed E-state index contributed by atoms with van der Waals surface area (Å²) in [5.41, 5.74) is 1.10. The number of thiophene rings is 1. The topological polar surface area (TPSA) is 42.9 Å². The van der Waals surface area contributed by atoms with Gasteiger partial charge in [-0.15, -0.1) is 11.3 Å². The third kappa shape index (κ3) is 3.58. The Morgan fingerprint density at radius 1 is 1.05 bits per heavy atom. The van der Waals surface area contributed by atoms with Gasteiger partial charge in [0.15, 0.2) is 5.16 Å². The smallest absolute Gasteiger partial charge is 0.237 e. The highest BCUT2D eigenvalue weighted by molar-refractivity contribution is 9.10. The number of benzene rings is 1. The van der Waals surface area contributed by atoms with Crippen LogP contribution in [0.3, 0.4) is 0 Å². The molecule has 0 aliphatic carbocycles. The Morgan fingerprint density at radius 3 is 2.48 bits per heavy atom. The van der Waals surface area contributed by atoms with Crippen molar-refractivity contribution >= 4 is 44.1 Å². The van der Waals surface area contributed by atoms with Gasteiger partial charge in [0.05, 0.1) is 4.88 Å². The van der Waals surface area contributed by atoms with Gasteiger partial charge < -0.3 is 0 Å². The van der Waals surface area contributed by atoms with Crippen LogP contribution in [0.15, 0.2) is 64.5 Å². The zero-order chi connectivity index (χ0) is 14.7. The Hall–Kier alpha value is -1.50. The Morgan fingerprint density at radius 2 is 1.76 bits per heavy atom. The van der Waals surface area contributed by atoms with Crippen molar-refractivity contribution in [2.45, 2.75) is 5.16 Å². The van der Waals surface area contributed by atoms with Crippen LogP contribution in [0.2, 0.25) is 0 Å². The first-order chi connectivity index (χ1) is 10.2. The number of rotatable bonds is 3. The van der Waals surface area contributed by atoms with Crippen molar-refractivity contribution < 1.29 is 4.79 Å². The number of carbonyl (C=O) groups is 1. The molecule has 3 aromatic rings. The molecule has 6 heteroatoms. The van der Waals surface area contributed by atoms with Crippen LogP contribution in [0.25, 0.3) is 10.4 Å². The lowest BCUT2D eigenvalue weighted by molar-refractivity contribution is 0.109. The van der Waals surface area contributed by atoms with Crippen LogP contribution in [0, 0.1) is 0 Å². The first-order valence-corrected chi connectivity index (χ1v) is 8.50. The minimum absolute atomic E-state index is 0.0328. The fourth-order valence-corrected chi connectivity index (χ4v) is 3.61. The zero-order valence-electron chi connectivity index (χ0n) is 10.7. The van der Waals surface area contributed by atoms with Crippen LogP contribution in [0.1, 0.15) is 9.67 Å². The van der Waals surface area contributed by atoms with Crippen molar-refractivity contribution in [3.8, 4) is 10.4 Å². The predicted octanol–water partition coefficient (Wildman–Crippen LogP) is 4.90. The molecule has 0 saturated carbocycles. The number of thioether (sulfide) groups is 1. The van der Waals surface area contributed by atoms with Gasteiger partial charge in [0, 0.05) is 21.7 Å². The summed E-state index contributed by atoms with van der Waals surface area (Å²) in [6, 6.07) is 13.6. The van der Waals surface area contributed by atoms with Gasteiger partial charge in [0.2, 0.25) is 5.12 Å². The van der Waals surface area contributed by atoms with Crippen molar-refractivity contribution in [1.82, 2.24) is 9.97 Å². The number of hydrogen-bond donors (Lipinski definition) is 0. The Bertz CT molecular complexity index is 757. The molecule has 0 amide bonds. The largest absolute Gasteiger partial charge is 0.280 e. The molecular formula is C15H9BrN2OS2. The standard InChI is InChI=1S/C15H9BrN2OS2/c16-11-4-2-10(3-5-11)12-6-7-13(20-12)14(19)21-15-17-8-1-9-18-15/h1-9H. The van der Waals surface area contributed by atoms with E-state index in [1.165, 1.54) is 11.3 Å². The molecule has 21 heavy (non-hydrogen) atoms. The molecule has 1 aromatic carbocycles. The highest BCUT2D eigenvalue weighted by Gasteiger charge is 2.13. The van der Waals surface area contributed by atoms with Crippen molar-refractivity contribution in [2.75, 3.05) is 0 Å². The van der Waals surface area contributed by atoms with Gasteiger partial charge >= 0.3 is 0 Å². The first-order valence-electron chi connectivity index (χ1n) is 6.07. The van der Waals surface area contributed by atoms with Gasteiger partial charge in [-0.2, -0.15) is 0 Å². The molecule has 0 unspecified atom stereocenters. The highest BCUT2D eigenvalue weighted by Crippen LogP contribution is 2.31. The Labute approximate surface area is 138 Å². The predicted molar refractivity (Wildman–Crippen MR) is 89.7 cm³/mol. The molecule has 0 N–H and O–H groups in total. The molecule has 3 rings (SSSR count). The molecule has 2 heterocycles. The molecule has 0 atom stereocenters. The SMILES string of the molecule is O=C(Sc1ncccn1)c1ccc(-c2ccc(Br)cc2)s1. The van der Waals surface area contributed by atoms with Crippen LogP contribution in [0.4, 0.5) is 0 Å². The maximum absolute atomic E-state index is 12.2. The van der Waals surface area contributed by atoms with Gasteiger partial charge in [0.25, 0.3) is 0 Å². The lowest BCUT2D eigenvalue weighted by Crippen LogP contribution is -1.92. The highest BCUT2D eigenvalue weighted by atomic mass is 79.9. The molecule has 0 aliphatic rings.